The fourth-order valence-corrected chi connectivity index (χ4v) is 20.5. The summed E-state index contributed by atoms with van der Waals surface area (Å²) in [6.45, 7) is 9.93. The van der Waals surface area contributed by atoms with Crippen molar-refractivity contribution >= 4 is 22.1 Å². The second-order valence-electron chi connectivity index (χ2n) is 9.44. The molecule has 2 aromatic rings. The molecule has 0 aromatic carbocycles. The Bertz CT molecular complexity index is 776. The molecule has 0 aliphatic carbocycles. The molecule has 31 heavy (non-hydrogen) atoms. The van der Waals surface area contributed by atoms with Gasteiger partial charge in [-0.1, -0.05) is 0 Å². The molecule has 5 heteroatoms. The van der Waals surface area contributed by atoms with Crippen molar-refractivity contribution in [3.05, 3.63) is 30.0 Å². The molecule has 1 aliphatic rings. The standard InChI is InChI=1S/C14H16N3O.3C4H9.Sn/c1-11-10-13(12-6-2-4-8-15-12)17(16-11)14-7-3-5-9-18-14;3*1-3-4-2;/h2,4,6,10,14H,3,5,7,9H2,1H3;3*1,3-4H2,2H3;. The Morgan fingerprint density at radius 2 is 1.68 bits per heavy atom. The molecule has 0 spiro atoms. The van der Waals surface area contributed by atoms with Crippen LogP contribution in [-0.4, -0.2) is 39.7 Å². The molecule has 0 bridgehead atoms. The summed E-state index contributed by atoms with van der Waals surface area (Å²) in [6, 6.07) is 9.04. The first-order valence-electron chi connectivity index (χ1n) is 12.8. The zero-order chi connectivity index (χ0) is 22.1. The van der Waals surface area contributed by atoms with Gasteiger partial charge >= 0.3 is 195 Å². The van der Waals surface area contributed by atoms with E-state index in [1.807, 2.05) is 0 Å². The minimum absolute atomic E-state index is 0.0523. The van der Waals surface area contributed by atoms with Crippen LogP contribution >= 0.6 is 0 Å². The Balaban J connectivity index is 1.99. The van der Waals surface area contributed by atoms with Crippen molar-refractivity contribution in [3.8, 4) is 11.4 Å². The summed E-state index contributed by atoms with van der Waals surface area (Å²) in [5, 5.41) is 4.82. The van der Waals surface area contributed by atoms with Gasteiger partial charge in [0.2, 0.25) is 0 Å². The van der Waals surface area contributed by atoms with Gasteiger partial charge in [0, 0.05) is 0 Å². The second-order valence-corrected chi connectivity index (χ2v) is 22.5. The van der Waals surface area contributed by atoms with Crippen LogP contribution in [0.3, 0.4) is 0 Å². The number of nitrogens with zero attached hydrogens (tertiary/aromatic N) is 3. The third-order valence-electron chi connectivity index (χ3n) is 6.87. The zero-order valence-electron chi connectivity index (χ0n) is 20.3. The van der Waals surface area contributed by atoms with E-state index in [1.165, 1.54) is 62.0 Å². The van der Waals surface area contributed by atoms with E-state index in [9.17, 15) is 0 Å². The van der Waals surface area contributed by atoms with Gasteiger partial charge in [-0.25, -0.2) is 0 Å². The van der Waals surface area contributed by atoms with E-state index in [4.69, 9.17) is 14.8 Å². The average molecular weight is 532 g/mol. The van der Waals surface area contributed by atoms with Gasteiger partial charge in [-0.15, -0.1) is 0 Å². The summed E-state index contributed by atoms with van der Waals surface area (Å²) in [5.74, 6) is 0. The number of ether oxygens (including phenoxy) is 1. The maximum absolute atomic E-state index is 6.08. The Morgan fingerprint density at radius 3 is 2.26 bits per heavy atom. The van der Waals surface area contributed by atoms with Gasteiger partial charge < -0.3 is 0 Å². The minimum atomic E-state index is -2.55. The first kappa shape index (κ1) is 24.8. The molecular weight excluding hydrogens is 489 g/mol. The Morgan fingerprint density at radius 1 is 1.00 bits per heavy atom. The van der Waals surface area contributed by atoms with Crippen molar-refractivity contribution in [2.24, 2.45) is 0 Å². The first-order valence-corrected chi connectivity index (χ1v) is 20.3. The molecule has 0 amide bonds. The molecule has 0 saturated carbocycles. The maximum atomic E-state index is 6.08. The van der Waals surface area contributed by atoms with Crippen LogP contribution in [0.5, 0.6) is 0 Å². The fourth-order valence-electron chi connectivity index (χ4n) is 5.02. The van der Waals surface area contributed by atoms with E-state index in [1.54, 1.807) is 0 Å². The molecule has 1 aliphatic heterocycles. The van der Waals surface area contributed by atoms with Crippen LogP contribution in [0, 0.1) is 6.92 Å². The van der Waals surface area contributed by atoms with E-state index in [0.29, 0.717) is 0 Å². The van der Waals surface area contributed by atoms with Gasteiger partial charge in [-0.2, -0.15) is 0 Å². The van der Waals surface area contributed by atoms with Gasteiger partial charge in [0.15, 0.2) is 0 Å². The van der Waals surface area contributed by atoms with Crippen molar-refractivity contribution in [1.82, 2.24) is 14.8 Å². The van der Waals surface area contributed by atoms with Crippen molar-refractivity contribution < 1.29 is 4.74 Å². The SMILES string of the molecule is CCC[CH2][Sn]([CH2]CCC)([CH2]CCC)[c]1cccc(-c2cc(C)nn2C2CCCCO2)n1. The number of aromatic nitrogens is 3. The molecule has 3 heterocycles. The van der Waals surface area contributed by atoms with Crippen molar-refractivity contribution in [3.63, 3.8) is 0 Å². The van der Waals surface area contributed by atoms with Crippen LogP contribution in [-0.2, 0) is 4.74 Å². The van der Waals surface area contributed by atoms with E-state index < -0.39 is 18.4 Å². The first-order chi connectivity index (χ1) is 15.1. The van der Waals surface area contributed by atoms with Gasteiger partial charge in [-0.05, 0) is 0 Å². The van der Waals surface area contributed by atoms with E-state index >= 15 is 0 Å². The summed E-state index contributed by atoms with van der Waals surface area (Å²) in [4.78, 5) is 5.42. The predicted molar refractivity (Wildman–Crippen MR) is 134 cm³/mol. The van der Waals surface area contributed by atoms with Gasteiger partial charge in [0.25, 0.3) is 0 Å². The monoisotopic (exact) mass is 533 g/mol. The van der Waals surface area contributed by atoms with Crippen LogP contribution in [0.1, 0.15) is 90.5 Å². The van der Waals surface area contributed by atoms with Crippen LogP contribution in [0.15, 0.2) is 24.3 Å². The van der Waals surface area contributed by atoms with Crippen LogP contribution in [0.2, 0.25) is 13.3 Å². The van der Waals surface area contributed by atoms with Crippen molar-refractivity contribution in [2.45, 2.75) is 105 Å². The zero-order valence-corrected chi connectivity index (χ0v) is 23.2. The Hall–Kier alpha value is -0.881. The summed E-state index contributed by atoms with van der Waals surface area (Å²) in [5.41, 5.74) is 3.28. The number of rotatable bonds is 12. The molecular formula is C26H43N3OSn. The van der Waals surface area contributed by atoms with Gasteiger partial charge in [0.1, 0.15) is 0 Å². The van der Waals surface area contributed by atoms with Gasteiger partial charge in [0.05, 0.1) is 0 Å². The average Bonchev–Trinajstić information content (AvgIpc) is 3.21. The molecule has 1 saturated heterocycles. The summed E-state index contributed by atoms with van der Waals surface area (Å²) in [7, 11) is 0. The van der Waals surface area contributed by atoms with Crippen molar-refractivity contribution in [2.75, 3.05) is 6.61 Å². The Kier molecular flexibility index (Phi) is 9.89. The topological polar surface area (TPSA) is 39.9 Å². The predicted octanol–water partition coefficient (Wildman–Crippen LogP) is 7.01. The molecule has 1 fully saturated rings. The third-order valence-corrected chi connectivity index (χ3v) is 22.0. The molecule has 0 radical (unpaired) electrons. The Labute approximate surface area is 194 Å². The number of pyridine rings is 1. The van der Waals surface area contributed by atoms with Crippen LogP contribution in [0.4, 0.5) is 0 Å². The van der Waals surface area contributed by atoms with E-state index in [2.05, 4.69) is 56.6 Å². The van der Waals surface area contributed by atoms with Crippen molar-refractivity contribution in [1.29, 1.82) is 0 Å². The molecule has 0 N–H and O–H groups in total. The number of aryl methyl sites for hydroxylation is 1. The third kappa shape index (κ3) is 6.34. The summed E-state index contributed by atoms with van der Waals surface area (Å²) in [6.07, 6.45) is 11.4. The molecule has 3 rings (SSSR count). The van der Waals surface area contributed by atoms with E-state index in [0.717, 1.165) is 36.5 Å². The van der Waals surface area contributed by atoms with Crippen LogP contribution in [0.25, 0.3) is 11.4 Å². The molecule has 172 valence electrons. The fraction of sp³-hybridized carbons (Fsp3) is 0.692. The van der Waals surface area contributed by atoms with Crippen LogP contribution < -0.4 is 3.71 Å². The number of hydrogen-bond donors (Lipinski definition) is 0. The van der Waals surface area contributed by atoms with Gasteiger partial charge in [-0.3, -0.25) is 0 Å². The molecule has 1 unspecified atom stereocenters. The normalized spacial score (nSPS) is 17.2. The molecule has 2 aromatic heterocycles. The molecule has 1 atom stereocenters. The summed E-state index contributed by atoms with van der Waals surface area (Å²) >= 11 is -2.55. The number of hydrogen-bond acceptors (Lipinski definition) is 3. The number of unbranched alkanes of at least 4 members (excludes halogenated alkanes) is 3. The molecule has 4 nitrogen and oxygen atoms in total. The van der Waals surface area contributed by atoms with E-state index in [-0.39, 0.29) is 6.23 Å². The quantitative estimate of drug-likeness (QED) is 0.276. The summed E-state index contributed by atoms with van der Waals surface area (Å²) < 4.78 is 14.0. The second kappa shape index (κ2) is 12.4.